The number of carboxylic acid groups (broad SMARTS) is 1. The number of aromatic carboxylic acids is 1. The molecule has 4 rings (SSSR count). The first-order valence-electron chi connectivity index (χ1n) is 9.97. The third-order valence-corrected chi connectivity index (χ3v) is 4.97. The van der Waals surface area contributed by atoms with Crippen molar-refractivity contribution in [2.75, 3.05) is 5.32 Å². The van der Waals surface area contributed by atoms with Gasteiger partial charge in [0.05, 0.1) is 23.0 Å². The van der Waals surface area contributed by atoms with Crippen LogP contribution in [-0.4, -0.2) is 32.0 Å². The molecule has 0 bridgehead atoms. The van der Waals surface area contributed by atoms with Gasteiger partial charge >= 0.3 is 12.1 Å². The van der Waals surface area contributed by atoms with Crippen molar-refractivity contribution in [1.82, 2.24) is 15.0 Å². The SMILES string of the molecule is CC(=O)Nc1ccc(-c2cc(C(=O)O)cc(-n3cc(-c4ccc(C(F)(F)F)cc4)nn3)c2)cc1. The Bertz CT molecular complexity index is 1360. The highest BCUT2D eigenvalue weighted by Crippen LogP contribution is 2.31. The zero-order chi connectivity index (χ0) is 24.5. The number of aromatic nitrogens is 3. The fraction of sp³-hybridized carbons (Fsp3) is 0.0833. The van der Waals surface area contributed by atoms with Crippen molar-refractivity contribution in [3.63, 3.8) is 0 Å². The van der Waals surface area contributed by atoms with Crippen molar-refractivity contribution in [3.8, 4) is 28.1 Å². The molecule has 0 aliphatic heterocycles. The number of alkyl halides is 3. The average molecular weight is 466 g/mol. The van der Waals surface area contributed by atoms with Gasteiger partial charge in [-0.25, -0.2) is 9.48 Å². The van der Waals surface area contributed by atoms with E-state index < -0.39 is 17.7 Å². The Morgan fingerprint density at radius 2 is 1.56 bits per heavy atom. The molecule has 4 aromatic rings. The summed E-state index contributed by atoms with van der Waals surface area (Å²) in [6.07, 6.45) is -2.93. The summed E-state index contributed by atoms with van der Waals surface area (Å²) in [5, 5.41) is 20.3. The lowest BCUT2D eigenvalue weighted by molar-refractivity contribution is -0.137. The lowest BCUT2D eigenvalue weighted by Crippen LogP contribution is -2.05. The van der Waals surface area contributed by atoms with Crippen molar-refractivity contribution < 1.29 is 27.9 Å². The molecule has 10 heteroatoms. The zero-order valence-corrected chi connectivity index (χ0v) is 17.7. The number of hydrogen-bond donors (Lipinski definition) is 2. The molecule has 34 heavy (non-hydrogen) atoms. The second-order valence-electron chi connectivity index (χ2n) is 7.46. The number of hydrogen-bond acceptors (Lipinski definition) is 4. The van der Waals surface area contributed by atoms with Crippen LogP contribution in [0.4, 0.5) is 18.9 Å². The number of carboxylic acids is 1. The molecule has 0 fully saturated rings. The number of nitrogens with one attached hydrogen (secondary N) is 1. The van der Waals surface area contributed by atoms with Crippen LogP contribution < -0.4 is 5.32 Å². The molecule has 7 nitrogen and oxygen atoms in total. The summed E-state index contributed by atoms with van der Waals surface area (Å²) >= 11 is 0. The first kappa shape index (κ1) is 22.7. The smallest absolute Gasteiger partial charge is 0.416 e. The van der Waals surface area contributed by atoms with Crippen LogP contribution in [0.1, 0.15) is 22.8 Å². The molecule has 1 amide bonds. The normalized spacial score (nSPS) is 11.3. The van der Waals surface area contributed by atoms with E-state index in [-0.39, 0.29) is 11.5 Å². The first-order valence-corrected chi connectivity index (χ1v) is 9.97. The third kappa shape index (κ3) is 4.96. The lowest BCUT2D eigenvalue weighted by atomic mass is 10.0. The summed E-state index contributed by atoms with van der Waals surface area (Å²) < 4.78 is 39.8. The monoisotopic (exact) mass is 466 g/mol. The second-order valence-corrected chi connectivity index (χ2v) is 7.46. The van der Waals surface area contributed by atoms with E-state index in [1.165, 1.54) is 42.1 Å². The Morgan fingerprint density at radius 3 is 2.15 bits per heavy atom. The van der Waals surface area contributed by atoms with Crippen molar-refractivity contribution >= 4 is 17.6 Å². The van der Waals surface area contributed by atoms with Gasteiger partial charge in [-0.15, -0.1) is 5.10 Å². The summed E-state index contributed by atoms with van der Waals surface area (Å²) in [4.78, 5) is 22.9. The zero-order valence-electron chi connectivity index (χ0n) is 17.7. The van der Waals surface area contributed by atoms with E-state index in [0.29, 0.717) is 33.8 Å². The molecule has 0 spiro atoms. The summed E-state index contributed by atoms with van der Waals surface area (Å²) in [5.74, 6) is -1.35. The molecule has 3 aromatic carbocycles. The van der Waals surface area contributed by atoms with E-state index in [1.807, 2.05) is 0 Å². The molecule has 0 saturated heterocycles. The van der Waals surface area contributed by atoms with Gasteiger partial charge in [-0.3, -0.25) is 4.79 Å². The Hall–Kier alpha value is -4.47. The van der Waals surface area contributed by atoms with E-state index in [1.54, 1.807) is 30.3 Å². The Morgan fingerprint density at radius 1 is 0.912 bits per heavy atom. The molecule has 0 unspecified atom stereocenters. The van der Waals surface area contributed by atoms with E-state index in [2.05, 4.69) is 15.6 Å². The van der Waals surface area contributed by atoms with Gasteiger partial charge in [-0.1, -0.05) is 29.5 Å². The van der Waals surface area contributed by atoms with E-state index in [9.17, 15) is 27.9 Å². The molecule has 0 atom stereocenters. The molecule has 2 N–H and O–H groups in total. The van der Waals surface area contributed by atoms with Gasteiger partial charge in [0, 0.05) is 18.2 Å². The highest BCUT2D eigenvalue weighted by Gasteiger charge is 2.30. The largest absolute Gasteiger partial charge is 0.478 e. The lowest BCUT2D eigenvalue weighted by Gasteiger charge is -2.09. The Labute approximate surface area is 191 Å². The number of anilines is 1. The minimum Gasteiger partial charge on any atom is -0.478 e. The van der Waals surface area contributed by atoms with Crippen LogP contribution in [0, 0.1) is 0 Å². The number of carbonyl (C=O) groups excluding carboxylic acids is 1. The minimum atomic E-state index is -4.44. The number of amides is 1. The molecule has 1 heterocycles. The van der Waals surface area contributed by atoms with Gasteiger partial charge < -0.3 is 10.4 Å². The van der Waals surface area contributed by atoms with Crippen LogP contribution >= 0.6 is 0 Å². The average Bonchev–Trinajstić information content (AvgIpc) is 3.29. The molecular formula is C24H17F3N4O3. The van der Waals surface area contributed by atoms with Crippen molar-refractivity contribution in [2.24, 2.45) is 0 Å². The molecule has 0 aliphatic carbocycles. The molecule has 0 saturated carbocycles. The fourth-order valence-electron chi connectivity index (χ4n) is 3.34. The summed E-state index contributed by atoms with van der Waals surface area (Å²) in [7, 11) is 0. The van der Waals surface area contributed by atoms with E-state index in [0.717, 1.165) is 12.1 Å². The number of rotatable bonds is 5. The number of benzene rings is 3. The molecule has 0 radical (unpaired) electrons. The predicted molar refractivity (Wildman–Crippen MR) is 118 cm³/mol. The van der Waals surface area contributed by atoms with Crippen LogP contribution in [0.3, 0.4) is 0 Å². The van der Waals surface area contributed by atoms with Crippen molar-refractivity contribution in [2.45, 2.75) is 13.1 Å². The summed E-state index contributed by atoms with van der Waals surface area (Å²) in [6, 6.07) is 16.0. The minimum absolute atomic E-state index is 0.0185. The topological polar surface area (TPSA) is 97.1 Å². The maximum absolute atomic E-state index is 12.8. The number of carbonyl (C=O) groups is 2. The second kappa shape index (κ2) is 8.81. The van der Waals surface area contributed by atoms with Gasteiger partial charge in [0.25, 0.3) is 0 Å². The standard InChI is InChI=1S/C24H17F3N4O3/c1-14(32)28-20-8-4-15(5-9-20)17-10-18(23(33)34)12-21(11-17)31-13-22(29-30-31)16-2-6-19(7-3-16)24(25,26)27/h2-13H,1H3,(H,28,32)(H,33,34). The van der Waals surface area contributed by atoms with Gasteiger partial charge in [-0.05, 0) is 53.6 Å². The van der Waals surface area contributed by atoms with Crippen LogP contribution in [0.2, 0.25) is 0 Å². The summed E-state index contributed by atoms with van der Waals surface area (Å²) in [6.45, 7) is 1.40. The highest BCUT2D eigenvalue weighted by molar-refractivity contribution is 5.91. The maximum atomic E-state index is 12.8. The third-order valence-electron chi connectivity index (χ3n) is 4.97. The van der Waals surface area contributed by atoms with Gasteiger partial charge in [-0.2, -0.15) is 13.2 Å². The quantitative estimate of drug-likeness (QED) is 0.417. The summed E-state index contributed by atoms with van der Waals surface area (Å²) in [5.41, 5.74) is 2.32. The maximum Gasteiger partial charge on any atom is 0.416 e. The van der Waals surface area contributed by atoms with Crippen LogP contribution in [0.15, 0.2) is 72.9 Å². The molecule has 172 valence electrons. The molecule has 1 aromatic heterocycles. The molecule has 0 aliphatic rings. The van der Waals surface area contributed by atoms with Crippen LogP contribution in [0.5, 0.6) is 0 Å². The first-order chi connectivity index (χ1) is 16.1. The predicted octanol–water partition coefficient (Wildman–Crippen LogP) is 5.28. The Balaban J connectivity index is 1.68. The van der Waals surface area contributed by atoms with E-state index in [4.69, 9.17) is 0 Å². The molecular weight excluding hydrogens is 449 g/mol. The van der Waals surface area contributed by atoms with Crippen LogP contribution in [-0.2, 0) is 11.0 Å². The van der Waals surface area contributed by atoms with Crippen LogP contribution in [0.25, 0.3) is 28.1 Å². The highest BCUT2D eigenvalue weighted by atomic mass is 19.4. The van der Waals surface area contributed by atoms with Crippen molar-refractivity contribution in [3.05, 3.63) is 84.1 Å². The van der Waals surface area contributed by atoms with Crippen molar-refractivity contribution in [1.29, 1.82) is 0 Å². The number of nitrogens with zero attached hydrogens (tertiary/aromatic N) is 3. The van der Waals surface area contributed by atoms with Gasteiger partial charge in [0.1, 0.15) is 5.69 Å². The van der Waals surface area contributed by atoms with Gasteiger partial charge in [0.15, 0.2) is 0 Å². The van der Waals surface area contributed by atoms with Gasteiger partial charge in [0.2, 0.25) is 5.91 Å². The fourth-order valence-corrected chi connectivity index (χ4v) is 3.34. The van der Waals surface area contributed by atoms with E-state index >= 15 is 0 Å². The Kier molecular flexibility index (Phi) is 5.89. The number of halogens is 3.